The zero-order valence-electron chi connectivity index (χ0n) is 15.0. The number of halogens is 1. The van der Waals surface area contributed by atoms with E-state index in [1.807, 2.05) is 26.0 Å². The van der Waals surface area contributed by atoms with E-state index in [4.69, 9.17) is 0 Å². The highest BCUT2D eigenvalue weighted by molar-refractivity contribution is 5.78. The number of hydrogen-bond acceptors (Lipinski definition) is 0. The van der Waals surface area contributed by atoms with E-state index in [1.165, 1.54) is 33.4 Å². The third-order valence-corrected chi connectivity index (χ3v) is 4.97. The van der Waals surface area contributed by atoms with Gasteiger partial charge in [0.1, 0.15) is 5.82 Å². The van der Waals surface area contributed by atoms with Crippen molar-refractivity contribution < 1.29 is 4.39 Å². The molecule has 3 rings (SSSR count). The first-order chi connectivity index (χ1) is 11.4. The molecule has 0 nitrogen and oxygen atoms in total. The molecule has 0 aliphatic rings. The summed E-state index contributed by atoms with van der Waals surface area (Å²) in [6, 6.07) is 16.7. The second kappa shape index (κ2) is 6.24. The van der Waals surface area contributed by atoms with Crippen LogP contribution in [0.5, 0.6) is 0 Å². The lowest BCUT2D eigenvalue weighted by Crippen LogP contribution is -1.95. The summed E-state index contributed by atoms with van der Waals surface area (Å²) >= 11 is 0. The lowest BCUT2D eigenvalue weighted by molar-refractivity contribution is 0.609. The molecule has 0 heterocycles. The van der Waals surface area contributed by atoms with Gasteiger partial charge < -0.3 is 0 Å². The highest BCUT2D eigenvalue weighted by Gasteiger charge is 2.13. The first-order valence-electron chi connectivity index (χ1n) is 8.33. The maximum Gasteiger partial charge on any atom is 0.129 e. The Kier molecular flexibility index (Phi) is 4.28. The molecule has 0 fully saturated rings. The van der Waals surface area contributed by atoms with Crippen LogP contribution in [0, 0.1) is 40.4 Å². The van der Waals surface area contributed by atoms with E-state index in [1.54, 1.807) is 0 Å². The van der Waals surface area contributed by atoms with Crippen LogP contribution in [0.25, 0.3) is 22.3 Å². The molecular formula is C23H23F. The van der Waals surface area contributed by atoms with Crippen LogP contribution in [0.15, 0.2) is 48.5 Å². The minimum absolute atomic E-state index is 0.107. The van der Waals surface area contributed by atoms with E-state index in [0.29, 0.717) is 11.1 Å². The van der Waals surface area contributed by atoms with Crippen molar-refractivity contribution in [3.05, 3.63) is 82.2 Å². The van der Waals surface area contributed by atoms with Crippen molar-refractivity contribution >= 4 is 0 Å². The second-order valence-electron chi connectivity index (χ2n) is 6.65. The monoisotopic (exact) mass is 318 g/mol. The molecule has 122 valence electrons. The van der Waals surface area contributed by atoms with Crippen LogP contribution in [0.4, 0.5) is 4.39 Å². The van der Waals surface area contributed by atoms with Crippen LogP contribution in [0.3, 0.4) is 0 Å². The maximum absolute atomic E-state index is 13.9. The fourth-order valence-electron chi connectivity index (χ4n) is 3.40. The second-order valence-corrected chi connectivity index (χ2v) is 6.65. The predicted molar refractivity (Wildman–Crippen MR) is 101 cm³/mol. The Hall–Kier alpha value is -2.41. The zero-order chi connectivity index (χ0) is 17.4. The summed E-state index contributed by atoms with van der Waals surface area (Å²) in [5.41, 5.74) is 10.0. The van der Waals surface area contributed by atoms with Gasteiger partial charge in [-0.3, -0.25) is 0 Å². The fourth-order valence-corrected chi connectivity index (χ4v) is 3.40. The van der Waals surface area contributed by atoms with Crippen LogP contribution in [0.1, 0.15) is 27.8 Å². The lowest BCUT2D eigenvalue weighted by atomic mass is 9.88. The van der Waals surface area contributed by atoms with Crippen LogP contribution in [0.2, 0.25) is 0 Å². The molecule has 24 heavy (non-hydrogen) atoms. The zero-order valence-corrected chi connectivity index (χ0v) is 15.0. The smallest absolute Gasteiger partial charge is 0.129 e. The topological polar surface area (TPSA) is 0 Å². The summed E-state index contributed by atoms with van der Waals surface area (Å²) in [6.07, 6.45) is 0. The number of aryl methyl sites for hydroxylation is 3. The van der Waals surface area contributed by atoms with Crippen molar-refractivity contribution in [3.63, 3.8) is 0 Å². The van der Waals surface area contributed by atoms with Gasteiger partial charge in [-0.25, -0.2) is 4.39 Å². The van der Waals surface area contributed by atoms with E-state index < -0.39 is 0 Å². The largest absolute Gasteiger partial charge is 0.206 e. The Bertz CT molecular complexity index is 896. The van der Waals surface area contributed by atoms with Gasteiger partial charge in [0.25, 0.3) is 0 Å². The molecule has 0 aromatic heterocycles. The molecule has 0 spiro atoms. The minimum atomic E-state index is -0.107. The van der Waals surface area contributed by atoms with Gasteiger partial charge in [-0.05, 0) is 96.8 Å². The fraction of sp³-hybridized carbons (Fsp3) is 0.217. The molecule has 0 N–H and O–H groups in total. The van der Waals surface area contributed by atoms with Crippen molar-refractivity contribution in [2.45, 2.75) is 34.6 Å². The third kappa shape index (κ3) is 2.75. The first kappa shape index (κ1) is 16.4. The Labute approximate surface area is 144 Å². The van der Waals surface area contributed by atoms with E-state index in [9.17, 15) is 4.39 Å². The SMILES string of the molecule is Cc1ccccc1-c1ccc(-c2cc(C)c(F)c(C)c2)c(C)c1C. The van der Waals surface area contributed by atoms with Crippen molar-refractivity contribution in [3.8, 4) is 22.3 Å². The normalized spacial score (nSPS) is 10.9. The molecule has 0 bridgehead atoms. The summed E-state index contributed by atoms with van der Waals surface area (Å²) in [7, 11) is 0. The Morgan fingerprint density at radius 2 is 1.12 bits per heavy atom. The highest BCUT2D eigenvalue weighted by atomic mass is 19.1. The molecular weight excluding hydrogens is 295 g/mol. The molecule has 0 saturated heterocycles. The summed E-state index contributed by atoms with van der Waals surface area (Å²) < 4.78 is 13.9. The molecule has 0 amide bonds. The quantitative estimate of drug-likeness (QED) is 0.493. The summed E-state index contributed by atoms with van der Waals surface area (Å²) in [5.74, 6) is -0.107. The van der Waals surface area contributed by atoms with Gasteiger partial charge in [0, 0.05) is 0 Å². The highest BCUT2D eigenvalue weighted by Crippen LogP contribution is 2.34. The van der Waals surface area contributed by atoms with E-state index in [-0.39, 0.29) is 5.82 Å². The van der Waals surface area contributed by atoms with E-state index >= 15 is 0 Å². The summed E-state index contributed by atoms with van der Waals surface area (Å²) in [5, 5.41) is 0. The molecule has 0 unspecified atom stereocenters. The molecule has 0 aliphatic heterocycles. The minimum Gasteiger partial charge on any atom is -0.206 e. The molecule has 0 atom stereocenters. The van der Waals surface area contributed by atoms with Gasteiger partial charge in [-0.2, -0.15) is 0 Å². The van der Waals surface area contributed by atoms with Crippen LogP contribution >= 0.6 is 0 Å². The maximum atomic E-state index is 13.9. The molecule has 3 aromatic rings. The lowest BCUT2D eigenvalue weighted by Gasteiger charge is -2.16. The van der Waals surface area contributed by atoms with Crippen molar-refractivity contribution in [2.75, 3.05) is 0 Å². The van der Waals surface area contributed by atoms with Crippen LogP contribution < -0.4 is 0 Å². The van der Waals surface area contributed by atoms with Gasteiger partial charge in [0.05, 0.1) is 0 Å². The van der Waals surface area contributed by atoms with Crippen LogP contribution in [-0.2, 0) is 0 Å². The van der Waals surface area contributed by atoms with E-state index in [2.05, 4.69) is 57.2 Å². The van der Waals surface area contributed by atoms with Gasteiger partial charge in [-0.1, -0.05) is 36.4 Å². The van der Waals surface area contributed by atoms with E-state index in [0.717, 1.165) is 5.56 Å². The molecule has 0 aliphatic carbocycles. The average molecular weight is 318 g/mol. The summed E-state index contributed by atoms with van der Waals surface area (Å²) in [6.45, 7) is 10.1. The Morgan fingerprint density at radius 3 is 1.75 bits per heavy atom. The van der Waals surface area contributed by atoms with Gasteiger partial charge in [-0.15, -0.1) is 0 Å². The van der Waals surface area contributed by atoms with Gasteiger partial charge in [0.2, 0.25) is 0 Å². The molecule has 1 heteroatoms. The molecule has 3 aromatic carbocycles. The Balaban J connectivity index is 2.17. The van der Waals surface area contributed by atoms with Crippen molar-refractivity contribution in [1.82, 2.24) is 0 Å². The van der Waals surface area contributed by atoms with Gasteiger partial charge >= 0.3 is 0 Å². The van der Waals surface area contributed by atoms with Crippen LogP contribution in [-0.4, -0.2) is 0 Å². The van der Waals surface area contributed by atoms with Crippen molar-refractivity contribution in [1.29, 1.82) is 0 Å². The number of hydrogen-bond donors (Lipinski definition) is 0. The third-order valence-electron chi connectivity index (χ3n) is 4.97. The summed E-state index contributed by atoms with van der Waals surface area (Å²) in [4.78, 5) is 0. The Morgan fingerprint density at radius 1 is 0.583 bits per heavy atom. The van der Waals surface area contributed by atoms with Gasteiger partial charge in [0.15, 0.2) is 0 Å². The number of benzene rings is 3. The average Bonchev–Trinajstić information content (AvgIpc) is 2.55. The molecule has 0 saturated carbocycles. The van der Waals surface area contributed by atoms with Crippen molar-refractivity contribution in [2.24, 2.45) is 0 Å². The number of rotatable bonds is 2. The predicted octanol–water partition coefficient (Wildman–Crippen LogP) is 6.70. The molecule has 0 radical (unpaired) electrons. The standard InChI is InChI=1S/C23H23F/c1-14-8-6-7-9-20(14)22-11-10-21(17(4)18(22)5)19-12-15(2)23(24)16(3)13-19/h6-13H,1-5H3. The first-order valence-corrected chi connectivity index (χ1v) is 8.33.